The monoisotopic (exact) mass is 343 g/mol. The van der Waals surface area contributed by atoms with Crippen molar-refractivity contribution in [2.24, 2.45) is 17.8 Å². The van der Waals surface area contributed by atoms with Crippen LogP contribution in [0.3, 0.4) is 0 Å². The molecule has 136 valence electrons. The summed E-state index contributed by atoms with van der Waals surface area (Å²) in [7, 11) is 0. The Kier molecular flexibility index (Phi) is 5.21. The molecule has 0 bridgehead atoms. The number of aromatic amines is 1. The molecular weight excluding hydrogens is 314 g/mol. The lowest BCUT2D eigenvalue weighted by molar-refractivity contribution is -0.157. The van der Waals surface area contributed by atoms with Crippen LogP contribution in [0.25, 0.3) is 11.4 Å². The number of H-pyrrole nitrogens is 1. The van der Waals surface area contributed by atoms with Crippen LogP contribution in [0.2, 0.25) is 0 Å². The van der Waals surface area contributed by atoms with Crippen molar-refractivity contribution in [2.75, 3.05) is 0 Å². The second-order valence-electron chi connectivity index (χ2n) is 7.63. The molecular formula is C20H29N3O2. The molecule has 2 aromatic rings. The fourth-order valence-corrected chi connectivity index (χ4v) is 3.96. The van der Waals surface area contributed by atoms with Crippen LogP contribution in [0.4, 0.5) is 0 Å². The van der Waals surface area contributed by atoms with Crippen LogP contribution in [0.5, 0.6) is 0 Å². The van der Waals surface area contributed by atoms with E-state index in [2.05, 4.69) is 36.0 Å². The topological polar surface area (TPSA) is 67.9 Å². The van der Waals surface area contributed by atoms with Gasteiger partial charge in [-0.25, -0.2) is 4.98 Å². The lowest BCUT2D eigenvalue weighted by atomic mass is 9.75. The Morgan fingerprint density at radius 2 is 1.84 bits per heavy atom. The average Bonchev–Trinajstić information content (AvgIpc) is 3.00. The fraction of sp³-hybridized carbons (Fsp3) is 0.550. The molecule has 1 aliphatic carbocycles. The minimum Gasteiger partial charge on any atom is -0.461 e. The summed E-state index contributed by atoms with van der Waals surface area (Å²) < 4.78 is 5.77. The second-order valence-corrected chi connectivity index (χ2v) is 7.63. The molecule has 1 aromatic carbocycles. The molecule has 1 fully saturated rings. The highest BCUT2D eigenvalue weighted by Gasteiger charge is 2.34. The summed E-state index contributed by atoms with van der Waals surface area (Å²) in [4.78, 5) is 16.8. The summed E-state index contributed by atoms with van der Waals surface area (Å²) in [5.41, 5.74) is 2.12. The molecule has 1 aromatic heterocycles. The van der Waals surface area contributed by atoms with Crippen LogP contribution in [0, 0.1) is 24.7 Å². The molecule has 5 heteroatoms. The molecule has 1 saturated carbocycles. The standard InChI is InChI=1S/C20H27N3O2.H2/c1-12-5-7-16(8-6-12)20-21-17(22-23-20)11-18(24)25-19-14(3)9-13(2)10-15(19)4;/h5-8,13-15,19H,9-11H2,1-4H3,(H,21,22,23);1H. The molecule has 3 rings (SSSR count). The van der Waals surface area contributed by atoms with Gasteiger partial charge in [0.15, 0.2) is 5.82 Å². The zero-order valence-corrected chi connectivity index (χ0v) is 15.5. The first-order valence-electron chi connectivity index (χ1n) is 9.10. The number of carbonyl (C=O) groups is 1. The highest BCUT2D eigenvalue weighted by Crippen LogP contribution is 2.35. The number of carbonyl (C=O) groups excluding carboxylic acids is 1. The summed E-state index contributed by atoms with van der Waals surface area (Å²) in [6.07, 6.45) is 2.36. The van der Waals surface area contributed by atoms with Gasteiger partial charge in [-0.15, -0.1) is 0 Å². The van der Waals surface area contributed by atoms with E-state index < -0.39 is 0 Å². The van der Waals surface area contributed by atoms with Crippen LogP contribution < -0.4 is 0 Å². The average molecular weight is 343 g/mol. The Morgan fingerprint density at radius 1 is 1.20 bits per heavy atom. The Labute approximate surface area is 150 Å². The Bertz CT molecular complexity index is 717. The lowest BCUT2D eigenvalue weighted by Crippen LogP contribution is -2.37. The largest absolute Gasteiger partial charge is 0.461 e. The molecule has 0 spiro atoms. The molecule has 1 aliphatic rings. The number of hydrogen-bond donors (Lipinski definition) is 1. The number of aromatic nitrogens is 3. The van der Waals surface area contributed by atoms with Crippen LogP contribution >= 0.6 is 0 Å². The van der Waals surface area contributed by atoms with Crippen LogP contribution in [-0.4, -0.2) is 27.3 Å². The quantitative estimate of drug-likeness (QED) is 0.846. The van der Waals surface area contributed by atoms with Crippen LogP contribution in [0.15, 0.2) is 24.3 Å². The summed E-state index contributed by atoms with van der Waals surface area (Å²) in [6, 6.07) is 8.00. The number of ether oxygens (including phenoxy) is 1. The molecule has 2 unspecified atom stereocenters. The minimum absolute atomic E-state index is 0. The predicted molar refractivity (Wildman–Crippen MR) is 99.0 cm³/mol. The van der Waals surface area contributed by atoms with Crippen molar-refractivity contribution < 1.29 is 11.0 Å². The molecule has 0 aliphatic heterocycles. The van der Waals surface area contributed by atoms with E-state index in [-0.39, 0.29) is 19.9 Å². The highest BCUT2D eigenvalue weighted by molar-refractivity contribution is 5.72. The normalized spacial score (nSPS) is 26.4. The van der Waals surface area contributed by atoms with Crippen molar-refractivity contribution in [3.63, 3.8) is 0 Å². The molecule has 0 radical (unpaired) electrons. The number of nitrogens with zero attached hydrogens (tertiary/aromatic N) is 2. The first kappa shape index (κ1) is 17.6. The van der Waals surface area contributed by atoms with Crippen molar-refractivity contribution in [3.05, 3.63) is 35.7 Å². The van der Waals surface area contributed by atoms with Gasteiger partial charge in [-0.3, -0.25) is 9.89 Å². The van der Waals surface area contributed by atoms with Gasteiger partial charge in [-0.1, -0.05) is 50.6 Å². The second kappa shape index (κ2) is 7.38. The molecule has 0 saturated heterocycles. The van der Waals surface area contributed by atoms with Gasteiger partial charge in [0.1, 0.15) is 18.3 Å². The zero-order chi connectivity index (χ0) is 18.0. The zero-order valence-electron chi connectivity index (χ0n) is 15.5. The number of rotatable bonds is 4. The van der Waals surface area contributed by atoms with E-state index >= 15 is 0 Å². The maximum Gasteiger partial charge on any atom is 0.313 e. The Morgan fingerprint density at radius 3 is 2.48 bits per heavy atom. The van der Waals surface area contributed by atoms with Gasteiger partial charge in [-0.05, 0) is 37.5 Å². The van der Waals surface area contributed by atoms with Crippen LogP contribution in [-0.2, 0) is 16.0 Å². The van der Waals surface area contributed by atoms with E-state index in [4.69, 9.17) is 4.74 Å². The van der Waals surface area contributed by atoms with Crippen molar-refractivity contribution >= 4 is 5.97 Å². The van der Waals surface area contributed by atoms with Gasteiger partial charge in [0.25, 0.3) is 0 Å². The van der Waals surface area contributed by atoms with Crippen molar-refractivity contribution in [1.29, 1.82) is 0 Å². The number of hydrogen-bond acceptors (Lipinski definition) is 4. The van der Waals surface area contributed by atoms with Gasteiger partial charge in [0.05, 0.1) is 0 Å². The first-order chi connectivity index (χ1) is 11.9. The van der Waals surface area contributed by atoms with Crippen LogP contribution in [0.1, 0.15) is 46.4 Å². The van der Waals surface area contributed by atoms with Crippen molar-refractivity contribution in [3.8, 4) is 11.4 Å². The van der Waals surface area contributed by atoms with E-state index in [1.54, 1.807) is 0 Å². The molecule has 2 atom stereocenters. The third kappa shape index (κ3) is 4.27. The van der Waals surface area contributed by atoms with Gasteiger partial charge >= 0.3 is 5.97 Å². The molecule has 25 heavy (non-hydrogen) atoms. The smallest absolute Gasteiger partial charge is 0.313 e. The number of nitrogens with one attached hydrogen (secondary N) is 1. The highest BCUT2D eigenvalue weighted by atomic mass is 16.5. The van der Waals surface area contributed by atoms with E-state index in [0.717, 1.165) is 18.4 Å². The van der Waals surface area contributed by atoms with E-state index in [1.165, 1.54) is 5.56 Å². The van der Waals surface area contributed by atoms with Crippen molar-refractivity contribution in [2.45, 2.75) is 53.1 Å². The summed E-state index contributed by atoms with van der Waals surface area (Å²) in [5.74, 6) is 2.43. The molecule has 1 N–H and O–H groups in total. The fourth-order valence-electron chi connectivity index (χ4n) is 3.96. The van der Waals surface area contributed by atoms with Gasteiger partial charge in [-0.2, -0.15) is 5.10 Å². The van der Waals surface area contributed by atoms with E-state index in [9.17, 15) is 4.79 Å². The maximum absolute atomic E-state index is 12.3. The van der Waals surface area contributed by atoms with Gasteiger partial charge in [0.2, 0.25) is 0 Å². The molecule has 0 amide bonds. The first-order valence-corrected chi connectivity index (χ1v) is 9.10. The Hall–Kier alpha value is -2.17. The minimum atomic E-state index is -0.232. The summed E-state index contributed by atoms with van der Waals surface area (Å²) in [5, 5.41) is 7.07. The molecule has 5 nitrogen and oxygen atoms in total. The van der Waals surface area contributed by atoms with E-state index in [1.807, 2.05) is 31.2 Å². The summed E-state index contributed by atoms with van der Waals surface area (Å²) >= 11 is 0. The number of esters is 1. The molecule has 1 heterocycles. The Balaban J connectivity index is 0.00000243. The lowest BCUT2D eigenvalue weighted by Gasteiger charge is -2.37. The predicted octanol–water partition coefficient (Wildman–Crippen LogP) is 4.18. The maximum atomic E-state index is 12.3. The third-order valence-corrected chi connectivity index (χ3v) is 5.09. The number of benzene rings is 1. The SMILES string of the molecule is Cc1ccc(-c2n[nH]c(CC(=O)OC3C(C)CC(C)CC3C)n2)cc1.[HH]. The number of aryl methyl sites for hydroxylation is 1. The van der Waals surface area contributed by atoms with Crippen molar-refractivity contribution in [1.82, 2.24) is 15.2 Å². The van der Waals surface area contributed by atoms with Gasteiger partial charge in [0, 0.05) is 6.99 Å². The van der Waals surface area contributed by atoms with Gasteiger partial charge < -0.3 is 4.74 Å². The third-order valence-electron chi connectivity index (χ3n) is 5.09. The summed E-state index contributed by atoms with van der Waals surface area (Å²) in [6.45, 7) is 8.66. The van der Waals surface area contributed by atoms with E-state index in [0.29, 0.717) is 29.4 Å².